The molecule has 3 aliphatic rings. The van der Waals surface area contributed by atoms with E-state index in [4.69, 9.17) is 0 Å². The van der Waals surface area contributed by atoms with Gasteiger partial charge in [0.1, 0.15) is 0 Å². The molecule has 0 amide bonds. The summed E-state index contributed by atoms with van der Waals surface area (Å²) in [6, 6.07) is 1.89. The van der Waals surface area contributed by atoms with Crippen LogP contribution < -0.4 is 5.32 Å². The second-order valence-corrected chi connectivity index (χ2v) is 6.33. The summed E-state index contributed by atoms with van der Waals surface area (Å²) in [7, 11) is 0. The van der Waals surface area contributed by atoms with E-state index in [1.807, 2.05) is 0 Å². The fourth-order valence-electron chi connectivity index (χ4n) is 4.42. The Balaban J connectivity index is 1.61. The zero-order valence-corrected chi connectivity index (χ0v) is 11.2. The summed E-state index contributed by atoms with van der Waals surface area (Å²) in [5.41, 5.74) is 0. The van der Waals surface area contributed by atoms with E-state index in [0.29, 0.717) is 0 Å². The van der Waals surface area contributed by atoms with Crippen molar-refractivity contribution in [1.29, 1.82) is 0 Å². The molecule has 1 saturated carbocycles. The van der Waals surface area contributed by atoms with E-state index in [9.17, 15) is 0 Å². The van der Waals surface area contributed by atoms with Crippen molar-refractivity contribution in [2.24, 2.45) is 5.92 Å². The van der Waals surface area contributed by atoms with Crippen molar-refractivity contribution in [2.75, 3.05) is 19.6 Å². The summed E-state index contributed by atoms with van der Waals surface area (Å²) >= 11 is 0. The third-order valence-corrected chi connectivity index (χ3v) is 5.31. The third kappa shape index (κ3) is 2.68. The van der Waals surface area contributed by atoms with Gasteiger partial charge in [-0.25, -0.2) is 0 Å². The maximum atomic E-state index is 3.51. The van der Waals surface area contributed by atoms with Crippen LogP contribution in [0, 0.1) is 5.92 Å². The van der Waals surface area contributed by atoms with Crippen LogP contribution >= 0.6 is 0 Å². The van der Waals surface area contributed by atoms with Gasteiger partial charge in [-0.2, -0.15) is 0 Å². The number of likely N-dealkylation sites (tertiary alicyclic amines) is 1. The first kappa shape index (κ1) is 12.0. The van der Waals surface area contributed by atoms with Gasteiger partial charge < -0.3 is 5.32 Å². The van der Waals surface area contributed by atoms with E-state index in [1.165, 1.54) is 77.4 Å². The normalized spacial score (nSPS) is 34.2. The van der Waals surface area contributed by atoms with Crippen molar-refractivity contribution in [2.45, 2.75) is 69.9 Å². The minimum atomic E-state index is 0.945. The molecule has 2 heteroatoms. The van der Waals surface area contributed by atoms with Gasteiger partial charge in [0.2, 0.25) is 0 Å². The van der Waals surface area contributed by atoms with Gasteiger partial charge in [0.15, 0.2) is 0 Å². The average molecular weight is 236 g/mol. The number of hydrogen-bond donors (Lipinski definition) is 1. The van der Waals surface area contributed by atoms with Gasteiger partial charge in [-0.3, -0.25) is 4.90 Å². The SMILES string of the molecule is C1CCC(N2CCCC2C2CCNCC2)CC1. The highest BCUT2D eigenvalue weighted by molar-refractivity contribution is 4.91. The molecule has 2 aliphatic heterocycles. The first-order valence-corrected chi connectivity index (χ1v) is 7.91. The van der Waals surface area contributed by atoms with E-state index in [0.717, 1.165) is 18.0 Å². The van der Waals surface area contributed by atoms with E-state index >= 15 is 0 Å². The first-order valence-electron chi connectivity index (χ1n) is 7.91. The van der Waals surface area contributed by atoms with Crippen molar-refractivity contribution >= 4 is 0 Å². The molecule has 1 aliphatic carbocycles. The standard InChI is InChI=1S/C15H28N2/c1-2-5-14(6-3-1)17-12-4-7-15(17)13-8-10-16-11-9-13/h13-16H,1-12H2. The lowest BCUT2D eigenvalue weighted by atomic mass is 9.86. The number of piperidine rings is 1. The fraction of sp³-hybridized carbons (Fsp3) is 1.00. The molecule has 0 aromatic carbocycles. The van der Waals surface area contributed by atoms with Gasteiger partial charge in [-0.15, -0.1) is 0 Å². The minimum Gasteiger partial charge on any atom is -0.317 e. The molecule has 1 atom stereocenters. The third-order valence-electron chi connectivity index (χ3n) is 5.31. The molecule has 17 heavy (non-hydrogen) atoms. The lowest BCUT2D eigenvalue weighted by Crippen LogP contribution is -2.46. The quantitative estimate of drug-likeness (QED) is 0.793. The molecule has 98 valence electrons. The number of rotatable bonds is 2. The van der Waals surface area contributed by atoms with E-state index in [2.05, 4.69) is 10.2 Å². The van der Waals surface area contributed by atoms with Crippen molar-refractivity contribution in [3.05, 3.63) is 0 Å². The van der Waals surface area contributed by atoms with Crippen LogP contribution in [-0.4, -0.2) is 36.6 Å². The maximum Gasteiger partial charge on any atom is 0.0128 e. The van der Waals surface area contributed by atoms with Crippen molar-refractivity contribution < 1.29 is 0 Å². The molecule has 3 rings (SSSR count). The highest BCUT2D eigenvalue weighted by atomic mass is 15.2. The number of nitrogens with zero attached hydrogens (tertiary/aromatic N) is 1. The van der Waals surface area contributed by atoms with Gasteiger partial charge in [-0.05, 0) is 64.1 Å². The van der Waals surface area contributed by atoms with Crippen LogP contribution in [0.5, 0.6) is 0 Å². The van der Waals surface area contributed by atoms with E-state index in [1.54, 1.807) is 0 Å². The summed E-state index contributed by atoms with van der Waals surface area (Å²) < 4.78 is 0. The largest absolute Gasteiger partial charge is 0.317 e. The number of hydrogen-bond acceptors (Lipinski definition) is 2. The Kier molecular flexibility index (Phi) is 4.02. The highest BCUT2D eigenvalue weighted by Gasteiger charge is 2.36. The van der Waals surface area contributed by atoms with E-state index < -0.39 is 0 Å². The fourth-order valence-corrected chi connectivity index (χ4v) is 4.42. The lowest BCUT2D eigenvalue weighted by molar-refractivity contribution is 0.0940. The molecule has 1 N–H and O–H groups in total. The van der Waals surface area contributed by atoms with Crippen LogP contribution in [-0.2, 0) is 0 Å². The van der Waals surface area contributed by atoms with Crippen LogP contribution in [0.3, 0.4) is 0 Å². The summed E-state index contributed by atoms with van der Waals surface area (Å²) in [4.78, 5) is 2.93. The van der Waals surface area contributed by atoms with Crippen LogP contribution in [0.15, 0.2) is 0 Å². The maximum absolute atomic E-state index is 3.51. The smallest absolute Gasteiger partial charge is 0.0128 e. The van der Waals surface area contributed by atoms with Gasteiger partial charge in [0.05, 0.1) is 0 Å². The van der Waals surface area contributed by atoms with Gasteiger partial charge in [0.25, 0.3) is 0 Å². The molecule has 0 aromatic heterocycles. The van der Waals surface area contributed by atoms with Gasteiger partial charge in [0, 0.05) is 12.1 Å². The molecule has 0 radical (unpaired) electrons. The molecule has 3 fully saturated rings. The average Bonchev–Trinajstić information content (AvgIpc) is 2.90. The Morgan fingerprint density at radius 2 is 1.53 bits per heavy atom. The zero-order chi connectivity index (χ0) is 11.5. The Bertz CT molecular complexity index is 205. The van der Waals surface area contributed by atoms with E-state index in [-0.39, 0.29) is 0 Å². The van der Waals surface area contributed by atoms with Crippen molar-refractivity contribution in [3.63, 3.8) is 0 Å². The molecular formula is C15H28N2. The highest BCUT2D eigenvalue weighted by Crippen LogP contribution is 2.34. The number of nitrogens with one attached hydrogen (secondary N) is 1. The van der Waals surface area contributed by atoms with Gasteiger partial charge in [-0.1, -0.05) is 19.3 Å². The predicted octanol–water partition coefficient (Wildman–Crippen LogP) is 2.78. The molecule has 0 bridgehead atoms. The van der Waals surface area contributed by atoms with Crippen LogP contribution in [0.2, 0.25) is 0 Å². The Morgan fingerprint density at radius 3 is 2.29 bits per heavy atom. The van der Waals surface area contributed by atoms with Crippen LogP contribution in [0.1, 0.15) is 57.8 Å². The summed E-state index contributed by atoms with van der Waals surface area (Å²) in [6.07, 6.45) is 13.2. The molecule has 0 aromatic rings. The molecule has 2 saturated heterocycles. The molecule has 2 heterocycles. The Hall–Kier alpha value is -0.0800. The second kappa shape index (κ2) is 5.71. The zero-order valence-electron chi connectivity index (χ0n) is 11.2. The minimum absolute atomic E-state index is 0.945. The Labute approximate surface area is 106 Å². The molecular weight excluding hydrogens is 208 g/mol. The summed E-state index contributed by atoms with van der Waals surface area (Å²) in [5.74, 6) is 1.00. The Morgan fingerprint density at radius 1 is 0.765 bits per heavy atom. The van der Waals surface area contributed by atoms with Crippen LogP contribution in [0.4, 0.5) is 0 Å². The van der Waals surface area contributed by atoms with Crippen molar-refractivity contribution in [3.8, 4) is 0 Å². The summed E-state index contributed by atoms with van der Waals surface area (Å²) in [5, 5.41) is 3.51. The van der Waals surface area contributed by atoms with Crippen LogP contribution in [0.25, 0.3) is 0 Å². The summed E-state index contributed by atoms with van der Waals surface area (Å²) in [6.45, 7) is 3.93. The van der Waals surface area contributed by atoms with Crippen molar-refractivity contribution in [1.82, 2.24) is 10.2 Å². The molecule has 2 nitrogen and oxygen atoms in total. The monoisotopic (exact) mass is 236 g/mol. The second-order valence-electron chi connectivity index (χ2n) is 6.33. The topological polar surface area (TPSA) is 15.3 Å². The molecule has 0 spiro atoms. The predicted molar refractivity (Wildman–Crippen MR) is 72.2 cm³/mol. The molecule has 1 unspecified atom stereocenters. The van der Waals surface area contributed by atoms with Gasteiger partial charge >= 0.3 is 0 Å². The first-order chi connectivity index (χ1) is 8.45. The lowest BCUT2D eigenvalue weighted by Gasteiger charge is -2.40.